The predicted molar refractivity (Wildman–Crippen MR) is 128 cm³/mol. The van der Waals surface area contributed by atoms with Gasteiger partial charge < -0.3 is 15.5 Å². The summed E-state index contributed by atoms with van der Waals surface area (Å²) in [5, 5.41) is 5.79. The second-order valence-electron chi connectivity index (χ2n) is 9.16. The Morgan fingerprint density at radius 1 is 1.00 bits per heavy atom. The maximum absolute atomic E-state index is 12.7. The molecule has 30 heavy (non-hydrogen) atoms. The summed E-state index contributed by atoms with van der Waals surface area (Å²) in [7, 11) is 3.45. The third-order valence-electron chi connectivity index (χ3n) is 5.78. The number of hydrogen-bond donors (Lipinski definition) is 2. The third-order valence-corrected chi connectivity index (χ3v) is 7.48. The number of hydrogen-bond acceptors (Lipinski definition) is 5. The van der Waals surface area contributed by atoms with Crippen LogP contribution in [0.3, 0.4) is 0 Å². The zero-order valence-electron chi connectivity index (χ0n) is 20.5. The molecular formula is C23H45N3O3S. The Labute approximate surface area is 188 Å². The first-order chi connectivity index (χ1) is 13.9. The van der Waals surface area contributed by atoms with Crippen LogP contribution in [0.1, 0.15) is 73.6 Å². The molecule has 0 rings (SSSR count). The van der Waals surface area contributed by atoms with Gasteiger partial charge in [0.25, 0.3) is 0 Å². The zero-order chi connectivity index (χ0) is 23.3. The summed E-state index contributed by atoms with van der Waals surface area (Å²) >= 11 is 1.99. The Morgan fingerprint density at radius 3 is 2.17 bits per heavy atom. The van der Waals surface area contributed by atoms with E-state index in [-0.39, 0.29) is 34.7 Å². The van der Waals surface area contributed by atoms with Gasteiger partial charge in [-0.2, -0.15) is 11.8 Å². The summed E-state index contributed by atoms with van der Waals surface area (Å²) < 4.78 is 0.271. The highest BCUT2D eigenvalue weighted by Crippen LogP contribution is 2.32. The lowest BCUT2D eigenvalue weighted by atomic mass is 9.99. The van der Waals surface area contributed by atoms with Gasteiger partial charge >= 0.3 is 0 Å². The molecule has 176 valence electrons. The van der Waals surface area contributed by atoms with Gasteiger partial charge in [0.1, 0.15) is 11.8 Å². The highest BCUT2D eigenvalue weighted by atomic mass is 32.2. The maximum atomic E-state index is 12.7. The highest BCUT2D eigenvalue weighted by Gasteiger charge is 2.29. The summed E-state index contributed by atoms with van der Waals surface area (Å²) in [6.45, 7) is 13.8. The van der Waals surface area contributed by atoms with Crippen LogP contribution in [0.5, 0.6) is 0 Å². The average Bonchev–Trinajstić information content (AvgIpc) is 2.67. The minimum atomic E-state index is -0.744. The van der Waals surface area contributed by atoms with E-state index >= 15 is 0 Å². The van der Waals surface area contributed by atoms with E-state index in [1.54, 1.807) is 7.05 Å². The first kappa shape index (κ1) is 28.9. The van der Waals surface area contributed by atoms with Gasteiger partial charge in [0, 0.05) is 43.6 Å². The first-order valence-corrected chi connectivity index (χ1v) is 12.3. The van der Waals surface area contributed by atoms with Crippen molar-refractivity contribution in [1.29, 1.82) is 0 Å². The molecule has 2 amide bonds. The minimum absolute atomic E-state index is 0.00629. The van der Waals surface area contributed by atoms with Crippen LogP contribution in [0, 0.1) is 11.8 Å². The van der Waals surface area contributed by atoms with E-state index in [1.807, 2.05) is 32.7 Å². The standard InChI is InChI=1S/C23H45N3O3S/c1-17(2)20(27)16-19(22(29)25-14-13-24-7)26(8)21(28)12-10-9-11-15-30-23(5,6)18(3)4/h17-19,24H,9-16H2,1-8H3,(H,25,29). The molecule has 0 fully saturated rings. The van der Waals surface area contributed by atoms with Crippen molar-refractivity contribution in [2.45, 2.75) is 84.4 Å². The van der Waals surface area contributed by atoms with Crippen LogP contribution in [0.2, 0.25) is 0 Å². The summed E-state index contributed by atoms with van der Waals surface area (Å²) in [4.78, 5) is 39.0. The lowest BCUT2D eigenvalue weighted by molar-refractivity contribution is -0.141. The molecule has 0 heterocycles. The molecule has 1 unspecified atom stereocenters. The van der Waals surface area contributed by atoms with Gasteiger partial charge in [-0.15, -0.1) is 0 Å². The molecule has 2 N–H and O–H groups in total. The molecule has 0 aromatic carbocycles. The quantitative estimate of drug-likeness (QED) is 0.357. The van der Waals surface area contributed by atoms with Gasteiger partial charge in [0.15, 0.2) is 0 Å². The Bertz CT molecular complexity index is 536. The van der Waals surface area contributed by atoms with Gasteiger partial charge in [-0.1, -0.05) is 48.0 Å². The summed E-state index contributed by atoms with van der Waals surface area (Å²) in [5.74, 6) is 1.22. The lowest BCUT2D eigenvalue weighted by Crippen LogP contribution is -2.50. The summed E-state index contributed by atoms with van der Waals surface area (Å²) in [6, 6.07) is -0.744. The van der Waals surface area contributed by atoms with Crippen LogP contribution >= 0.6 is 11.8 Å². The van der Waals surface area contributed by atoms with Crippen molar-refractivity contribution < 1.29 is 14.4 Å². The summed E-state index contributed by atoms with van der Waals surface area (Å²) in [6.07, 6.45) is 3.34. The molecule has 0 saturated carbocycles. The number of nitrogens with one attached hydrogen (secondary N) is 2. The van der Waals surface area contributed by atoms with Crippen LogP contribution in [0.25, 0.3) is 0 Å². The highest BCUT2D eigenvalue weighted by molar-refractivity contribution is 8.00. The second-order valence-corrected chi connectivity index (χ2v) is 10.9. The molecule has 0 aliphatic rings. The molecule has 0 aliphatic carbocycles. The van der Waals surface area contributed by atoms with Crippen molar-refractivity contribution in [3.63, 3.8) is 0 Å². The van der Waals surface area contributed by atoms with Crippen molar-refractivity contribution in [3.8, 4) is 0 Å². The van der Waals surface area contributed by atoms with Crippen LogP contribution in [0.15, 0.2) is 0 Å². The largest absolute Gasteiger partial charge is 0.353 e. The Hall–Kier alpha value is -1.08. The number of carbonyl (C=O) groups is 3. The molecule has 0 saturated heterocycles. The number of Topliss-reactive ketones (excluding diaryl/α,β-unsaturated/α-hetero) is 1. The Balaban J connectivity index is 4.60. The average molecular weight is 444 g/mol. The zero-order valence-corrected chi connectivity index (χ0v) is 21.3. The number of rotatable bonds is 16. The van der Waals surface area contributed by atoms with Gasteiger partial charge in [-0.3, -0.25) is 14.4 Å². The topological polar surface area (TPSA) is 78.5 Å². The third kappa shape index (κ3) is 11.3. The fourth-order valence-electron chi connectivity index (χ4n) is 2.67. The van der Waals surface area contributed by atoms with Gasteiger partial charge in [-0.05, 0) is 31.6 Å². The minimum Gasteiger partial charge on any atom is -0.353 e. The van der Waals surface area contributed by atoms with Crippen molar-refractivity contribution in [2.75, 3.05) is 32.9 Å². The van der Waals surface area contributed by atoms with E-state index in [0.717, 1.165) is 25.0 Å². The number of ketones is 1. The van der Waals surface area contributed by atoms with E-state index in [1.165, 1.54) is 4.90 Å². The monoisotopic (exact) mass is 443 g/mol. The molecule has 0 bridgehead atoms. The SMILES string of the molecule is CNCCNC(=O)C(CC(=O)C(C)C)N(C)C(=O)CCCCCSC(C)(C)C(C)C. The van der Waals surface area contributed by atoms with Gasteiger partial charge in [0.05, 0.1) is 0 Å². The van der Waals surface area contributed by atoms with E-state index in [4.69, 9.17) is 0 Å². The molecule has 0 radical (unpaired) electrons. The first-order valence-electron chi connectivity index (χ1n) is 11.3. The van der Waals surface area contributed by atoms with Crippen molar-refractivity contribution in [1.82, 2.24) is 15.5 Å². The van der Waals surface area contributed by atoms with E-state index in [9.17, 15) is 14.4 Å². The number of likely N-dealkylation sites (N-methyl/N-ethyl adjacent to an activating group) is 2. The van der Waals surface area contributed by atoms with Crippen molar-refractivity contribution in [2.24, 2.45) is 11.8 Å². The number of nitrogens with zero attached hydrogens (tertiary/aromatic N) is 1. The van der Waals surface area contributed by atoms with Crippen molar-refractivity contribution >= 4 is 29.4 Å². The molecule has 6 nitrogen and oxygen atoms in total. The molecule has 1 atom stereocenters. The van der Waals surface area contributed by atoms with Gasteiger partial charge in [-0.25, -0.2) is 0 Å². The molecule has 7 heteroatoms. The smallest absolute Gasteiger partial charge is 0.243 e. The number of carbonyl (C=O) groups excluding carboxylic acids is 3. The molecule has 0 spiro atoms. The number of unbranched alkanes of at least 4 members (excludes halogenated alkanes) is 2. The second kappa shape index (κ2) is 14.8. The molecular weight excluding hydrogens is 398 g/mol. The fourth-order valence-corrected chi connectivity index (χ4v) is 3.88. The number of thioether (sulfide) groups is 1. The van der Waals surface area contributed by atoms with Crippen LogP contribution in [-0.4, -0.2) is 66.2 Å². The van der Waals surface area contributed by atoms with Crippen LogP contribution in [0.4, 0.5) is 0 Å². The van der Waals surface area contributed by atoms with Crippen molar-refractivity contribution in [3.05, 3.63) is 0 Å². The van der Waals surface area contributed by atoms with E-state index in [2.05, 4.69) is 38.3 Å². The molecule has 0 aromatic heterocycles. The molecule has 0 aliphatic heterocycles. The van der Waals surface area contributed by atoms with Crippen LogP contribution < -0.4 is 10.6 Å². The van der Waals surface area contributed by atoms with Crippen LogP contribution in [-0.2, 0) is 14.4 Å². The lowest BCUT2D eigenvalue weighted by Gasteiger charge is -2.28. The number of amides is 2. The van der Waals surface area contributed by atoms with Gasteiger partial charge in [0.2, 0.25) is 11.8 Å². The Kier molecular flexibility index (Phi) is 14.3. The predicted octanol–water partition coefficient (Wildman–Crippen LogP) is 3.49. The normalized spacial score (nSPS) is 12.9. The summed E-state index contributed by atoms with van der Waals surface area (Å²) in [5.41, 5.74) is 0. The van der Waals surface area contributed by atoms with E-state index < -0.39 is 6.04 Å². The maximum Gasteiger partial charge on any atom is 0.243 e. The fraction of sp³-hybridized carbons (Fsp3) is 0.870. The van der Waals surface area contributed by atoms with E-state index in [0.29, 0.717) is 25.4 Å². The molecule has 0 aromatic rings. The Morgan fingerprint density at radius 2 is 1.63 bits per heavy atom.